The molecule has 0 aromatic heterocycles. The number of hydrogen-bond acceptors (Lipinski definition) is 4. The molecule has 0 unspecified atom stereocenters. The van der Waals surface area contributed by atoms with Crippen molar-refractivity contribution in [3.8, 4) is 5.75 Å². The quantitative estimate of drug-likeness (QED) is 0.331. The van der Waals surface area contributed by atoms with Gasteiger partial charge in [-0.1, -0.05) is 12.1 Å². The second-order valence-electron chi connectivity index (χ2n) is 4.74. The van der Waals surface area contributed by atoms with E-state index in [-0.39, 0.29) is 5.97 Å². The van der Waals surface area contributed by atoms with Crippen molar-refractivity contribution < 1.29 is 14.3 Å². The first kappa shape index (κ1) is 17.8. The second kappa shape index (κ2) is 10.5. The zero-order valence-corrected chi connectivity index (χ0v) is 13.5. The minimum Gasteiger partial charge on any atom is -0.497 e. The molecule has 1 aromatic carbocycles. The summed E-state index contributed by atoms with van der Waals surface area (Å²) in [5.41, 5.74) is 1.12. The Bertz CT molecular complexity index is 489. The minimum atomic E-state index is -0.166. The molecule has 0 radical (unpaired) electrons. The maximum absolute atomic E-state index is 11.0. The number of nitrogens with zero attached hydrogens (tertiary/aromatic N) is 1. The second-order valence-corrected chi connectivity index (χ2v) is 4.74. The molecular weight excluding hydrogens is 282 g/mol. The molecule has 1 aromatic rings. The first-order valence-corrected chi connectivity index (χ1v) is 7.34. The summed E-state index contributed by atoms with van der Waals surface area (Å²) in [6.45, 7) is 1.42. The summed E-state index contributed by atoms with van der Waals surface area (Å²) in [4.78, 5) is 15.2. The first-order valence-electron chi connectivity index (χ1n) is 7.34. The lowest BCUT2D eigenvalue weighted by Crippen LogP contribution is -2.37. The van der Waals surface area contributed by atoms with Crippen LogP contribution in [-0.2, 0) is 16.1 Å². The van der Waals surface area contributed by atoms with Crippen molar-refractivity contribution in [2.45, 2.75) is 25.8 Å². The van der Waals surface area contributed by atoms with Crippen molar-refractivity contribution >= 4 is 11.9 Å². The molecule has 0 heterocycles. The molecule has 0 aliphatic rings. The highest BCUT2D eigenvalue weighted by molar-refractivity contribution is 5.79. The molecule has 0 atom stereocenters. The van der Waals surface area contributed by atoms with Crippen LogP contribution in [0.15, 0.2) is 29.3 Å². The van der Waals surface area contributed by atoms with Gasteiger partial charge in [-0.2, -0.15) is 0 Å². The Balaban J connectivity index is 2.26. The summed E-state index contributed by atoms with van der Waals surface area (Å²) < 4.78 is 9.80. The standard InChI is InChI=1S/C16H25N3O3/c1-17-16(18-10-5-4-9-15(20)22-3)19-12-13-7-6-8-14(11-13)21-2/h6-8,11H,4-5,9-10,12H2,1-3H3,(H2,17,18,19). The molecule has 122 valence electrons. The Kier molecular flexibility index (Phi) is 8.49. The number of nitrogens with one attached hydrogen (secondary N) is 2. The number of ether oxygens (including phenoxy) is 2. The Hall–Kier alpha value is -2.24. The molecule has 2 N–H and O–H groups in total. The third kappa shape index (κ3) is 6.97. The maximum atomic E-state index is 11.0. The predicted octanol–water partition coefficient (Wildman–Crippen LogP) is 1.70. The summed E-state index contributed by atoms with van der Waals surface area (Å²) >= 11 is 0. The number of methoxy groups -OCH3 is 2. The highest BCUT2D eigenvalue weighted by Gasteiger charge is 2.01. The number of carbonyl (C=O) groups is 1. The molecule has 0 saturated carbocycles. The summed E-state index contributed by atoms with van der Waals surface area (Å²) in [6.07, 6.45) is 2.13. The van der Waals surface area contributed by atoms with Gasteiger partial charge >= 0.3 is 5.97 Å². The maximum Gasteiger partial charge on any atom is 0.305 e. The van der Waals surface area contributed by atoms with Gasteiger partial charge < -0.3 is 20.1 Å². The average molecular weight is 307 g/mol. The minimum absolute atomic E-state index is 0.166. The Morgan fingerprint density at radius 1 is 1.23 bits per heavy atom. The van der Waals surface area contributed by atoms with Crippen molar-refractivity contribution in [3.05, 3.63) is 29.8 Å². The summed E-state index contributed by atoms with van der Waals surface area (Å²) in [7, 11) is 4.79. The van der Waals surface area contributed by atoms with Crippen LogP contribution >= 0.6 is 0 Å². The van der Waals surface area contributed by atoms with Crippen LogP contribution in [0.5, 0.6) is 5.75 Å². The molecule has 0 spiro atoms. The lowest BCUT2D eigenvalue weighted by molar-refractivity contribution is -0.140. The van der Waals surface area contributed by atoms with Crippen molar-refractivity contribution in [3.63, 3.8) is 0 Å². The highest BCUT2D eigenvalue weighted by Crippen LogP contribution is 2.11. The van der Waals surface area contributed by atoms with E-state index in [4.69, 9.17) is 4.74 Å². The number of benzene rings is 1. The van der Waals surface area contributed by atoms with Gasteiger partial charge in [-0.15, -0.1) is 0 Å². The summed E-state index contributed by atoms with van der Waals surface area (Å²) in [5, 5.41) is 6.46. The number of aliphatic imine (C=N–C) groups is 1. The van der Waals surface area contributed by atoms with Crippen LogP contribution < -0.4 is 15.4 Å². The average Bonchev–Trinajstić information content (AvgIpc) is 2.57. The topological polar surface area (TPSA) is 72.0 Å². The number of hydrogen-bond donors (Lipinski definition) is 2. The molecule has 0 fully saturated rings. The molecule has 0 amide bonds. The molecule has 0 bridgehead atoms. The Morgan fingerprint density at radius 3 is 2.73 bits per heavy atom. The van der Waals surface area contributed by atoms with E-state index in [0.29, 0.717) is 13.0 Å². The predicted molar refractivity (Wildman–Crippen MR) is 87.1 cm³/mol. The highest BCUT2D eigenvalue weighted by atomic mass is 16.5. The first-order chi connectivity index (χ1) is 10.7. The van der Waals surface area contributed by atoms with E-state index in [1.807, 2.05) is 24.3 Å². The van der Waals surface area contributed by atoms with Crippen LogP contribution in [-0.4, -0.2) is 39.7 Å². The van der Waals surface area contributed by atoms with Crippen molar-refractivity contribution in [2.75, 3.05) is 27.8 Å². The fraction of sp³-hybridized carbons (Fsp3) is 0.500. The van der Waals surface area contributed by atoms with Crippen molar-refractivity contribution in [2.24, 2.45) is 4.99 Å². The normalized spacial score (nSPS) is 11.0. The Labute approximate surface area is 131 Å². The SMILES string of the molecule is CN=C(NCCCCC(=O)OC)NCc1cccc(OC)c1. The van der Waals surface area contributed by atoms with Crippen molar-refractivity contribution in [1.82, 2.24) is 10.6 Å². The zero-order valence-electron chi connectivity index (χ0n) is 13.5. The van der Waals surface area contributed by atoms with E-state index < -0.39 is 0 Å². The molecule has 0 saturated heterocycles. The number of unbranched alkanes of at least 4 members (excludes halogenated alkanes) is 1. The fourth-order valence-electron chi connectivity index (χ4n) is 1.89. The smallest absolute Gasteiger partial charge is 0.305 e. The summed E-state index contributed by atoms with van der Waals surface area (Å²) in [5.74, 6) is 1.41. The van der Waals surface area contributed by atoms with E-state index in [1.54, 1.807) is 14.2 Å². The van der Waals surface area contributed by atoms with Crippen LogP contribution in [0.4, 0.5) is 0 Å². The molecule has 0 aliphatic heterocycles. The molecule has 6 nitrogen and oxygen atoms in total. The lowest BCUT2D eigenvalue weighted by Gasteiger charge is -2.12. The van der Waals surface area contributed by atoms with E-state index in [2.05, 4.69) is 20.4 Å². The fourth-order valence-corrected chi connectivity index (χ4v) is 1.89. The Morgan fingerprint density at radius 2 is 2.05 bits per heavy atom. The molecule has 22 heavy (non-hydrogen) atoms. The van der Waals surface area contributed by atoms with Crippen LogP contribution in [0.3, 0.4) is 0 Å². The molecular formula is C16H25N3O3. The summed E-state index contributed by atoms with van der Waals surface area (Å²) in [6, 6.07) is 7.88. The van der Waals surface area contributed by atoms with E-state index in [0.717, 1.165) is 36.7 Å². The third-order valence-electron chi connectivity index (χ3n) is 3.15. The van der Waals surface area contributed by atoms with Crippen LogP contribution in [0, 0.1) is 0 Å². The lowest BCUT2D eigenvalue weighted by atomic mass is 10.2. The van der Waals surface area contributed by atoms with Crippen LogP contribution in [0.1, 0.15) is 24.8 Å². The van der Waals surface area contributed by atoms with Gasteiger partial charge in [-0.05, 0) is 30.5 Å². The van der Waals surface area contributed by atoms with E-state index in [9.17, 15) is 4.79 Å². The largest absolute Gasteiger partial charge is 0.497 e. The molecule has 6 heteroatoms. The van der Waals surface area contributed by atoms with Gasteiger partial charge in [0.25, 0.3) is 0 Å². The zero-order chi connectivity index (χ0) is 16.2. The number of carbonyl (C=O) groups excluding carboxylic acids is 1. The van der Waals surface area contributed by atoms with Crippen LogP contribution in [0.25, 0.3) is 0 Å². The molecule has 0 aliphatic carbocycles. The van der Waals surface area contributed by atoms with E-state index in [1.165, 1.54) is 7.11 Å². The van der Waals surface area contributed by atoms with Gasteiger partial charge in [0.1, 0.15) is 5.75 Å². The van der Waals surface area contributed by atoms with Gasteiger partial charge in [0.05, 0.1) is 14.2 Å². The number of rotatable bonds is 8. The van der Waals surface area contributed by atoms with Gasteiger partial charge in [0.2, 0.25) is 0 Å². The van der Waals surface area contributed by atoms with Gasteiger partial charge in [-0.25, -0.2) is 0 Å². The van der Waals surface area contributed by atoms with E-state index >= 15 is 0 Å². The monoisotopic (exact) mass is 307 g/mol. The molecule has 1 rings (SSSR count). The van der Waals surface area contributed by atoms with Gasteiger partial charge in [0.15, 0.2) is 5.96 Å². The number of guanidine groups is 1. The third-order valence-corrected chi connectivity index (χ3v) is 3.15. The van der Waals surface area contributed by atoms with Gasteiger partial charge in [-0.3, -0.25) is 9.79 Å². The van der Waals surface area contributed by atoms with Crippen molar-refractivity contribution in [1.29, 1.82) is 0 Å². The number of esters is 1. The van der Waals surface area contributed by atoms with Crippen LogP contribution in [0.2, 0.25) is 0 Å². The van der Waals surface area contributed by atoms with Gasteiger partial charge in [0, 0.05) is 26.6 Å².